The van der Waals surface area contributed by atoms with Crippen LogP contribution in [0.15, 0.2) is 42.5 Å². The highest BCUT2D eigenvalue weighted by atomic mass is 35.5. The van der Waals surface area contributed by atoms with Gasteiger partial charge in [0.1, 0.15) is 0 Å². The molecular weight excluding hydrogens is 467 g/mol. The number of alkyl halides is 3. The Morgan fingerprint density at radius 3 is 2.06 bits per heavy atom. The lowest BCUT2D eigenvalue weighted by molar-refractivity contribution is -0.178. The molecule has 1 amide bonds. The van der Waals surface area contributed by atoms with Crippen molar-refractivity contribution in [2.24, 2.45) is 11.3 Å². The smallest absolute Gasteiger partial charge is 0.392 e. The zero-order valence-electron chi connectivity index (χ0n) is 20.0. The van der Waals surface area contributed by atoms with Crippen LogP contribution in [0, 0.1) is 11.3 Å². The van der Waals surface area contributed by atoms with E-state index in [9.17, 15) is 27.9 Å². The Morgan fingerprint density at radius 1 is 1.03 bits per heavy atom. The van der Waals surface area contributed by atoms with Crippen LogP contribution in [0.2, 0.25) is 5.02 Å². The first kappa shape index (κ1) is 27.7. The number of rotatable bonds is 8. The van der Waals surface area contributed by atoms with E-state index in [1.165, 1.54) is 6.07 Å². The van der Waals surface area contributed by atoms with Gasteiger partial charge in [-0.1, -0.05) is 76.6 Å². The second-order valence-electron chi connectivity index (χ2n) is 9.65. The zero-order chi connectivity index (χ0) is 25.8. The van der Waals surface area contributed by atoms with Gasteiger partial charge in [0.15, 0.2) is 0 Å². The number of carboxylic acid groups (broad SMARTS) is 1. The Kier molecular flexibility index (Phi) is 8.81. The fraction of sp³-hybridized carbons (Fsp3) is 0.462. The van der Waals surface area contributed by atoms with Crippen LogP contribution in [0.5, 0.6) is 0 Å². The fourth-order valence-corrected chi connectivity index (χ4v) is 4.15. The molecule has 0 aromatic heterocycles. The van der Waals surface area contributed by atoms with E-state index in [2.05, 4.69) is 5.32 Å². The molecule has 0 spiro atoms. The first-order valence-corrected chi connectivity index (χ1v) is 11.5. The zero-order valence-corrected chi connectivity index (χ0v) is 20.7. The Bertz CT molecular complexity index is 1010. The molecule has 0 heterocycles. The van der Waals surface area contributed by atoms with Gasteiger partial charge in [-0.2, -0.15) is 13.2 Å². The average Bonchev–Trinajstić information content (AvgIpc) is 2.73. The topological polar surface area (TPSA) is 66.4 Å². The SMILES string of the molecule is CCc1ccc([C@@H](C(=O)Nc2cc(C(CC(=O)O)C(C)(C)C)ccc2Cl)[C@@H](C)C(F)(F)F)cc1. The third kappa shape index (κ3) is 6.98. The third-order valence-corrected chi connectivity index (χ3v) is 6.45. The van der Waals surface area contributed by atoms with Crippen molar-refractivity contribution in [1.82, 2.24) is 0 Å². The van der Waals surface area contributed by atoms with Crippen LogP contribution in [-0.2, 0) is 16.0 Å². The van der Waals surface area contributed by atoms with E-state index in [-0.39, 0.29) is 22.7 Å². The largest absolute Gasteiger partial charge is 0.481 e. The molecule has 0 saturated heterocycles. The van der Waals surface area contributed by atoms with Crippen molar-refractivity contribution in [3.05, 3.63) is 64.2 Å². The van der Waals surface area contributed by atoms with Gasteiger partial charge in [-0.25, -0.2) is 0 Å². The molecule has 3 atom stereocenters. The predicted octanol–water partition coefficient (Wildman–Crippen LogP) is 7.43. The van der Waals surface area contributed by atoms with Crippen LogP contribution in [-0.4, -0.2) is 23.2 Å². The number of anilines is 1. The number of amides is 1. The Balaban J connectivity index is 2.46. The number of hydrogen-bond acceptors (Lipinski definition) is 2. The summed E-state index contributed by atoms with van der Waals surface area (Å²) in [6.07, 6.45) is -4.01. The highest BCUT2D eigenvalue weighted by Gasteiger charge is 2.45. The van der Waals surface area contributed by atoms with Crippen LogP contribution in [0.1, 0.15) is 69.6 Å². The molecular formula is C26H31ClF3NO3. The highest BCUT2D eigenvalue weighted by Crippen LogP contribution is 2.41. The Morgan fingerprint density at radius 2 is 1.59 bits per heavy atom. The van der Waals surface area contributed by atoms with Crippen LogP contribution >= 0.6 is 11.6 Å². The number of benzene rings is 2. The minimum Gasteiger partial charge on any atom is -0.481 e. The molecule has 0 aliphatic carbocycles. The molecule has 0 radical (unpaired) electrons. The summed E-state index contributed by atoms with van der Waals surface area (Å²) in [5.74, 6) is -5.63. The lowest BCUT2D eigenvalue weighted by Gasteiger charge is -2.31. The monoisotopic (exact) mass is 497 g/mol. The van der Waals surface area contributed by atoms with Crippen LogP contribution < -0.4 is 5.32 Å². The van der Waals surface area contributed by atoms with Gasteiger partial charge in [0.25, 0.3) is 0 Å². The number of carboxylic acids is 1. The third-order valence-electron chi connectivity index (χ3n) is 6.12. The molecule has 0 bridgehead atoms. The van der Waals surface area contributed by atoms with Gasteiger partial charge < -0.3 is 10.4 Å². The minimum absolute atomic E-state index is 0.143. The molecule has 8 heteroatoms. The molecule has 0 aliphatic heterocycles. The first-order chi connectivity index (χ1) is 15.6. The molecule has 2 aromatic rings. The number of carbonyl (C=O) groups is 2. The van der Waals surface area contributed by atoms with E-state index >= 15 is 0 Å². The van der Waals surface area contributed by atoms with Crippen molar-refractivity contribution >= 4 is 29.2 Å². The van der Waals surface area contributed by atoms with Gasteiger partial charge in [-0.15, -0.1) is 0 Å². The van der Waals surface area contributed by atoms with Crippen molar-refractivity contribution in [2.75, 3.05) is 5.32 Å². The summed E-state index contributed by atoms with van der Waals surface area (Å²) in [5.41, 5.74) is 1.56. The van der Waals surface area contributed by atoms with E-state index in [1.54, 1.807) is 36.4 Å². The maximum Gasteiger partial charge on any atom is 0.392 e. The first-order valence-electron chi connectivity index (χ1n) is 11.1. The quantitative estimate of drug-likeness (QED) is 0.398. The van der Waals surface area contributed by atoms with Gasteiger partial charge in [-0.3, -0.25) is 9.59 Å². The fourth-order valence-electron chi connectivity index (χ4n) is 3.98. The van der Waals surface area contributed by atoms with Gasteiger partial charge in [-0.05, 0) is 46.6 Å². The predicted molar refractivity (Wildman–Crippen MR) is 128 cm³/mol. The average molecular weight is 498 g/mol. The molecule has 34 heavy (non-hydrogen) atoms. The number of carbonyl (C=O) groups excluding carboxylic acids is 1. The lowest BCUT2D eigenvalue weighted by atomic mass is 9.74. The van der Waals surface area contributed by atoms with E-state index in [0.717, 1.165) is 18.9 Å². The molecule has 0 fully saturated rings. The van der Waals surface area contributed by atoms with Gasteiger partial charge >= 0.3 is 12.1 Å². The molecule has 2 aromatic carbocycles. The van der Waals surface area contributed by atoms with Crippen molar-refractivity contribution in [3.63, 3.8) is 0 Å². The van der Waals surface area contributed by atoms with Crippen LogP contribution in [0.25, 0.3) is 0 Å². The van der Waals surface area contributed by atoms with Crippen molar-refractivity contribution in [3.8, 4) is 0 Å². The van der Waals surface area contributed by atoms with Gasteiger partial charge in [0.05, 0.1) is 29.0 Å². The summed E-state index contributed by atoms with van der Waals surface area (Å²) < 4.78 is 41.0. The molecule has 1 unspecified atom stereocenters. The van der Waals surface area contributed by atoms with E-state index < -0.39 is 41.2 Å². The molecule has 4 nitrogen and oxygen atoms in total. The minimum atomic E-state index is -4.59. The molecule has 2 N–H and O–H groups in total. The summed E-state index contributed by atoms with van der Waals surface area (Å²) in [4.78, 5) is 24.6. The van der Waals surface area contributed by atoms with Crippen LogP contribution in [0.3, 0.4) is 0 Å². The summed E-state index contributed by atoms with van der Waals surface area (Å²) in [5, 5.41) is 12.1. The van der Waals surface area contributed by atoms with Crippen molar-refractivity contribution < 1.29 is 27.9 Å². The van der Waals surface area contributed by atoms with E-state index in [0.29, 0.717) is 5.56 Å². The highest BCUT2D eigenvalue weighted by molar-refractivity contribution is 6.33. The maximum absolute atomic E-state index is 13.7. The second kappa shape index (κ2) is 10.8. The number of halogens is 4. The molecule has 2 rings (SSSR count). The Hall–Kier alpha value is -2.54. The number of nitrogens with one attached hydrogen (secondary N) is 1. The summed E-state index contributed by atoms with van der Waals surface area (Å²) in [6, 6.07) is 11.3. The second-order valence-corrected chi connectivity index (χ2v) is 10.1. The number of aliphatic carboxylic acids is 1. The summed E-state index contributed by atoms with van der Waals surface area (Å²) in [7, 11) is 0. The number of aryl methyl sites for hydroxylation is 1. The molecule has 0 saturated carbocycles. The number of hydrogen-bond donors (Lipinski definition) is 2. The van der Waals surface area contributed by atoms with Crippen LogP contribution in [0.4, 0.5) is 18.9 Å². The molecule has 186 valence electrons. The lowest BCUT2D eigenvalue weighted by Crippen LogP contribution is -2.34. The normalized spacial score (nSPS) is 14.9. The van der Waals surface area contributed by atoms with Crippen molar-refractivity contribution in [2.45, 2.75) is 65.5 Å². The van der Waals surface area contributed by atoms with Gasteiger partial charge in [0, 0.05) is 0 Å². The molecule has 0 aliphatic rings. The van der Waals surface area contributed by atoms with E-state index in [1.807, 2.05) is 27.7 Å². The van der Waals surface area contributed by atoms with Crippen molar-refractivity contribution in [1.29, 1.82) is 0 Å². The van der Waals surface area contributed by atoms with Gasteiger partial charge in [0.2, 0.25) is 5.91 Å². The van der Waals surface area contributed by atoms with E-state index in [4.69, 9.17) is 11.6 Å². The summed E-state index contributed by atoms with van der Waals surface area (Å²) >= 11 is 6.27. The maximum atomic E-state index is 13.7. The summed E-state index contributed by atoms with van der Waals surface area (Å²) in [6.45, 7) is 8.61. The Labute approximate surface area is 203 Å². The standard InChI is InChI=1S/C26H31ClF3NO3/c1-6-16-7-9-17(10-8-16)23(15(2)26(28,29)30)24(34)31-21-13-18(11-12-20(21)27)19(14-22(32)33)25(3,4)5/h7-13,15,19,23H,6,14H2,1-5H3,(H,31,34)(H,32,33)/t15-,19?,23+/m1/s1.